The van der Waals surface area contributed by atoms with Gasteiger partial charge in [-0.25, -0.2) is 0 Å². The molecule has 1 spiro atoms. The third-order valence-electron chi connectivity index (χ3n) is 9.28. The van der Waals surface area contributed by atoms with E-state index in [-0.39, 0.29) is 18.0 Å². The Balaban J connectivity index is 1.31. The molecule has 1 aromatic heterocycles. The van der Waals surface area contributed by atoms with Crippen molar-refractivity contribution < 1.29 is 23.8 Å². The van der Waals surface area contributed by atoms with Crippen molar-refractivity contribution in [3.63, 3.8) is 0 Å². The monoisotopic (exact) mass is 488 g/mol. The van der Waals surface area contributed by atoms with Gasteiger partial charge < -0.3 is 23.9 Å². The fourth-order valence-electron chi connectivity index (χ4n) is 7.30. The van der Waals surface area contributed by atoms with Gasteiger partial charge in [0, 0.05) is 36.8 Å². The summed E-state index contributed by atoms with van der Waals surface area (Å²) in [6, 6.07) is 5.60. The van der Waals surface area contributed by atoms with Crippen molar-refractivity contribution in [3.8, 4) is 11.5 Å². The number of benzene rings is 1. The number of nitrogens with zero attached hydrogens (tertiary/aromatic N) is 2. The van der Waals surface area contributed by atoms with Gasteiger partial charge in [0.1, 0.15) is 11.7 Å². The summed E-state index contributed by atoms with van der Waals surface area (Å²) in [4.78, 5) is 17.5. The molecule has 1 N–H and O–H groups in total. The number of aliphatic hydroxyl groups is 1. The van der Waals surface area contributed by atoms with E-state index >= 15 is 0 Å². The Morgan fingerprint density at radius 3 is 2.94 bits per heavy atom. The molecule has 2 bridgehead atoms. The molecule has 2 aliphatic heterocycles. The zero-order valence-corrected chi connectivity index (χ0v) is 20.7. The number of methoxy groups -OCH3 is 1. The second-order valence-electron chi connectivity index (χ2n) is 11.1. The highest BCUT2D eigenvalue weighted by molar-refractivity contribution is 5.92. The van der Waals surface area contributed by atoms with E-state index in [4.69, 9.17) is 13.9 Å². The van der Waals surface area contributed by atoms with Gasteiger partial charge in [0.2, 0.25) is 5.91 Å². The highest BCUT2D eigenvalue weighted by Crippen LogP contribution is 2.64. The molecule has 0 unspecified atom stereocenters. The van der Waals surface area contributed by atoms with Crippen LogP contribution in [0.25, 0.3) is 6.08 Å². The van der Waals surface area contributed by atoms with Gasteiger partial charge in [-0.3, -0.25) is 9.69 Å². The van der Waals surface area contributed by atoms with Gasteiger partial charge in [-0.15, -0.1) is 0 Å². The lowest BCUT2D eigenvalue weighted by molar-refractivity contribution is -0.154. The van der Waals surface area contributed by atoms with Crippen LogP contribution in [0.15, 0.2) is 53.4 Å². The van der Waals surface area contributed by atoms with Crippen LogP contribution in [-0.2, 0) is 16.6 Å². The molecule has 1 aromatic carbocycles. The zero-order chi connectivity index (χ0) is 24.7. The molecule has 36 heavy (non-hydrogen) atoms. The predicted octanol–water partition coefficient (Wildman–Crippen LogP) is 3.17. The summed E-state index contributed by atoms with van der Waals surface area (Å²) in [6.07, 6.45) is 14.2. The van der Waals surface area contributed by atoms with Crippen LogP contribution in [0.1, 0.15) is 36.0 Å². The lowest BCUT2D eigenvalue weighted by Crippen LogP contribution is -2.76. The van der Waals surface area contributed by atoms with Crippen LogP contribution >= 0.6 is 0 Å². The molecule has 5 aliphatic rings. The summed E-state index contributed by atoms with van der Waals surface area (Å²) in [5.74, 6) is 2.04. The van der Waals surface area contributed by atoms with Gasteiger partial charge in [0.25, 0.3) is 0 Å². The van der Waals surface area contributed by atoms with Crippen LogP contribution in [0.2, 0.25) is 0 Å². The number of amides is 1. The third-order valence-corrected chi connectivity index (χ3v) is 9.28. The van der Waals surface area contributed by atoms with Gasteiger partial charge in [0.15, 0.2) is 11.5 Å². The minimum atomic E-state index is -1.07. The van der Waals surface area contributed by atoms with E-state index in [0.29, 0.717) is 5.75 Å². The maximum absolute atomic E-state index is 13.2. The average Bonchev–Trinajstić information content (AvgIpc) is 3.40. The molecule has 7 rings (SSSR count). The van der Waals surface area contributed by atoms with Gasteiger partial charge in [-0.05, 0) is 61.9 Å². The first kappa shape index (κ1) is 22.2. The Morgan fingerprint density at radius 1 is 1.33 bits per heavy atom. The standard InChI is InChI=1S/C29H32N2O5/c1-30(24(32)8-5-19-10-14-35-17-19)21-9-11-29(33)23-15-20-6-7-22(34-2)26-25(20)28(29,27(21)36-26)12-13-31(23)16-18-3-4-18/h5-11,14,17-18,21,23,27,33H,3-4,12-13,15-16H2,1-2H3/b8-5+/t21-,23+,27-,28-,29+/m0/s1. The fraction of sp³-hybridized carbons (Fsp3) is 0.483. The first-order chi connectivity index (χ1) is 17.5. The van der Waals surface area contributed by atoms with Crippen molar-refractivity contribution >= 4 is 12.0 Å². The number of carbonyl (C=O) groups is 1. The third kappa shape index (κ3) is 2.90. The average molecular weight is 489 g/mol. The van der Waals surface area contributed by atoms with Crippen LogP contribution in [0, 0.1) is 5.92 Å². The predicted molar refractivity (Wildman–Crippen MR) is 134 cm³/mol. The van der Waals surface area contributed by atoms with Crippen molar-refractivity contribution in [2.75, 3.05) is 27.2 Å². The minimum Gasteiger partial charge on any atom is -0.493 e. The molecule has 7 nitrogen and oxygen atoms in total. The van der Waals surface area contributed by atoms with Crippen molar-refractivity contribution in [2.45, 2.75) is 54.9 Å². The van der Waals surface area contributed by atoms with E-state index in [1.165, 1.54) is 18.4 Å². The number of hydrogen-bond acceptors (Lipinski definition) is 6. The zero-order valence-electron chi connectivity index (χ0n) is 20.7. The molecular weight excluding hydrogens is 456 g/mol. The topological polar surface area (TPSA) is 75.4 Å². The second-order valence-corrected chi connectivity index (χ2v) is 11.1. The van der Waals surface area contributed by atoms with Crippen LogP contribution < -0.4 is 9.47 Å². The van der Waals surface area contributed by atoms with E-state index in [1.807, 2.05) is 31.3 Å². The lowest BCUT2D eigenvalue weighted by Gasteiger charge is -2.62. The molecule has 1 saturated carbocycles. The summed E-state index contributed by atoms with van der Waals surface area (Å²) in [6.45, 7) is 1.96. The van der Waals surface area contributed by atoms with Crippen LogP contribution in [0.5, 0.6) is 11.5 Å². The molecule has 3 heterocycles. The Hall–Kier alpha value is -3.03. The number of furan rings is 1. The van der Waals surface area contributed by atoms with Crippen molar-refractivity contribution in [3.05, 3.63) is 65.6 Å². The highest BCUT2D eigenvalue weighted by Gasteiger charge is 2.72. The van der Waals surface area contributed by atoms with Crippen LogP contribution in [0.3, 0.4) is 0 Å². The van der Waals surface area contributed by atoms with E-state index in [1.54, 1.807) is 36.7 Å². The normalized spacial score (nSPS) is 33.9. The summed E-state index contributed by atoms with van der Waals surface area (Å²) in [5, 5.41) is 12.6. The molecule has 2 aromatic rings. The van der Waals surface area contributed by atoms with Crippen LogP contribution in [0.4, 0.5) is 0 Å². The summed E-state index contributed by atoms with van der Waals surface area (Å²) < 4.78 is 17.6. The molecule has 188 valence electrons. The van der Waals surface area contributed by atoms with Gasteiger partial charge in [-0.1, -0.05) is 18.2 Å². The largest absolute Gasteiger partial charge is 0.493 e. The smallest absolute Gasteiger partial charge is 0.246 e. The Kier molecular flexibility index (Phi) is 4.77. The minimum absolute atomic E-state index is 0.0102. The number of hydrogen-bond donors (Lipinski definition) is 1. The maximum atomic E-state index is 13.2. The Bertz CT molecular complexity index is 1260. The van der Waals surface area contributed by atoms with Crippen molar-refractivity contribution in [1.82, 2.24) is 9.80 Å². The molecule has 7 heteroatoms. The summed E-state index contributed by atoms with van der Waals surface area (Å²) in [7, 11) is 3.47. The number of likely N-dealkylation sites (tertiary alicyclic amines) is 1. The number of ether oxygens (including phenoxy) is 2. The summed E-state index contributed by atoms with van der Waals surface area (Å²) >= 11 is 0. The lowest BCUT2D eigenvalue weighted by atomic mass is 9.50. The highest BCUT2D eigenvalue weighted by atomic mass is 16.5. The molecule has 1 amide bonds. The van der Waals surface area contributed by atoms with E-state index in [0.717, 1.165) is 48.7 Å². The van der Waals surface area contributed by atoms with E-state index in [2.05, 4.69) is 11.0 Å². The van der Waals surface area contributed by atoms with Crippen LogP contribution in [-0.4, -0.2) is 71.8 Å². The van der Waals surface area contributed by atoms with Gasteiger partial charge in [-0.2, -0.15) is 0 Å². The Labute approximate surface area is 211 Å². The summed E-state index contributed by atoms with van der Waals surface area (Å²) in [5.41, 5.74) is 1.45. The molecule has 3 aliphatic carbocycles. The molecule has 5 atom stereocenters. The molecule has 0 radical (unpaired) electrons. The number of piperidine rings is 1. The molecular formula is C29H32N2O5. The van der Waals surface area contributed by atoms with E-state index in [9.17, 15) is 9.90 Å². The number of carbonyl (C=O) groups excluding carboxylic acids is 1. The molecule has 2 fully saturated rings. The number of rotatable bonds is 6. The maximum Gasteiger partial charge on any atom is 0.246 e. The molecule has 1 saturated heterocycles. The Morgan fingerprint density at radius 2 is 2.19 bits per heavy atom. The van der Waals surface area contributed by atoms with Gasteiger partial charge >= 0.3 is 0 Å². The number of likely N-dealkylation sites (N-methyl/N-ethyl adjacent to an activating group) is 1. The SMILES string of the molecule is COc1ccc2c3c1O[C@H]1[C@@H](N(C)C(=O)/C=C/c4ccoc4)C=C[C@@]4(O)[C@@H](C2)N(CC2CC2)CC[C@]314. The first-order valence-corrected chi connectivity index (χ1v) is 13.0. The van der Waals surface area contributed by atoms with Crippen molar-refractivity contribution in [2.24, 2.45) is 5.92 Å². The van der Waals surface area contributed by atoms with Crippen molar-refractivity contribution in [1.29, 1.82) is 0 Å². The van der Waals surface area contributed by atoms with Gasteiger partial charge in [0.05, 0.1) is 31.1 Å². The second kappa shape index (κ2) is 7.73. The fourth-order valence-corrected chi connectivity index (χ4v) is 7.30. The van der Waals surface area contributed by atoms with E-state index < -0.39 is 17.1 Å². The first-order valence-electron chi connectivity index (χ1n) is 13.0. The quantitative estimate of drug-likeness (QED) is 0.497.